The zero-order valence-electron chi connectivity index (χ0n) is 15.7. The first kappa shape index (κ1) is 19.3. The van der Waals surface area contributed by atoms with Crippen LogP contribution < -0.4 is 5.32 Å². The van der Waals surface area contributed by atoms with E-state index in [1.165, 1.54) is 11.8 Å². The zero-order chi connectivity index (χ0) is 19.2. The first-order chi connectivity index (χ1) is 13.1. The molecule has 27 heavy (non-hydrogen) atoms. The molecule has 3 rings (SSSR count). The molecule has 8 heteroatoms. The van der Waals surface area contributed by atoms with Gasteiger partial charge < -0.3 is 10.1 Å². The average molecular weight is 385 g/mol. The van der Waals surface area contributed by atoms with Crippen LogP contribution in [0.15, 0.2) is 35.5 Å². The molecule has 0 spiro atoms. The van der Waals surface area contributed by atoms with Crippen LogP contribution in [0.25, 0.3) is 5.78 Å². The van der Waals surface area contributed by atoms with Gasteiger partial charge in [-0.25, -0.2) is 9.50 Å². The molecule has 0 unspecified atom stereocenters. The van der Waals surface area contributed by atoms with Crippen molar-refractivity contribution in [1.29, 1.82) is 0 Å². The van der Waals surface area contributed by atoms with E-state index in [2.05, 4.69) is 20.4 Å². The van der Waals surface area contributed by atoms with Crippen LogP contribution >= 0.6 is 11.8 Å². The van der Waals surface area contributed by atoms with Crippen LogP contribution in [0.2, 0.25) is 0 Å². The highest BCUT2D eigenvalue weighted by Crippen LogP contribution is 2.22. The van der Waals surface area contributed by atoms with E-state index in [1.54, 1.807) is 11.6 Å². The number of thioether (sulfide) groups is 1. The second-order valence-corrected chi connectivity index (χ2v) is 7.14. The van der Waals surface area contributed by atoms with Gasteiger partial charge in [0.25, 0.3) is 11.7 Å². The molecule has 0 radical (unpaired) electrons. The monoisotopic (exact) mass is 385 g/mol. The fourth-order valence-corrected chi connectivity index (χ4v) is 3.55. The summed E-state index contributed by atoms with van der Waals surface area (Å²) in [6.45, 7) is 5.14. The van der Waals surface area contributed by atoms with Gasteiger partial charge in [-0.1, -0.05) is 30.0 Å². The lowest BCUT2D eigenvalue weighted by Crippen LogP contribution is -2.26. The minimum Gasteiger partial charge on any atom is -0.385 e. The molecular weight excluding hydrogens is 362 g/mol. The number of nitrogens with one attached hydrogen (secondary N) is 1. The Labute approximate surface area is 162 Å². The molecule has 0 saturated carbocycles. The van der Waals surface area contributed by atoms with Crippen molar-refractivity contribution in [3.63, 3.8) is 0 Å². The highest BCUT2D eigenvalue weighted by atomic mass is 32.2. The van der Waals surface area contributed by atoms with E-state index in [0.29, 0.717) is 35.4 Å². The summed E-state index contributed by atoms with van der Waals surface area (Å²) >= 11 is 1.49. The third kappa shape index (κ3) is 4.84. The summed E-state index contributed by atoms with van der Waals surface area (Å²) in [5.74, 6) is 1.13. The first-order valence-corrected chi connectivity index (χ1v) is 9.76. The van der Waals surface area contributed by atoms with Crippen LogP contribution in [0.4, 0.5) is 0 Å². The van der Waals surface area contributed by atoms with Crippen molar-refractivity contribution in [2.24, 2.45) is 0 Å². The summed E-state index contributed by atoms with van der Waals surface area (Å²) in [5.41, 5.74) is 3.54. The molecule has 0 fully saturated rings. The lowest BCUT2D eigenvalue weighted by Gasteiger charge is -2.09. The quantitative estimate of drug-likeness (QED) is 0.474. The minimum atomic E-state index is -0.0709. The number of aromatic nitrogens is 4. The van der Waals surface area contributed by atoms with Crippen molar-refractivity contribution in [3.05, 3.63) is 52.8 Å². The van der Waals surface area contributed by atoms with Gasteiger partial charge in [0.2, 0.25) is 5.16 Å². The van der Waals surface area contributed by atoms with Gasteiger partial charge in [0, 0.05) is 43.0 Å². The smallest absolute Gasteiger partial charge is 0.253 e. The topological polar surface area (TPSA) is 81.4 Å². The maximum absolute atomic E-state index is 12.5. The fraction of sp³-hybridized carbons (Fsp3) is 0.368. The van der Waals surface area contributed by atoms with Gasteiger partial charge in [-0.2, -0.15) is 4.98 Å². The van der Waals surface area contributed by atoms with Crippen LogP contribution in [0, 0.1) is 13.8 Å². The number of carbonyl (C=O) groups excluding carboxylic acids is 1. The van der Waals surface area contributed by atoms with Crippen molar-refractivity contribution >= 4 is 23.4 Å². The molecule has 1 amide bonds. The van der Waals surface area contributed by atoms with Gasteiger partial charge in [0.05, 0.1) is 0 Å². The maximum atomic E-state index is 12.5. The molecule has 0 atom stereocenters. The molecule has 7 nitrogen and oxygen atoms in total. The molecule has 0 saturated heterocycles. The van der Waals surface area contributed by atoms with Crippen molar-refractivity contribution in [3.8, 4) is 0 Å². The molecule has 0 bridgehead atoms. The molecule has 0 aliphatic carbocycles. The third-order valence-electron chi connectivity index (χ3n) is 4.03. The summed E-state index contributed by atoms with van der Waals surface area (Å²) in [4.78, 5) is 21.3. The van der Waals surface area contributed by atoms with E-state index in [1.807, 2.05) is 44.2 Å². The number of methoxy groups -OCH3 is 1. The second-order valence-electron chi connectivity index (χ2n) is 6.19. The van der Waals surface area contributed by atoms with E-state index in [9.17, 15) is 4.79 Å². The molecule has 2 heterocycles. The molecular formula is C19H23N5O2S. The lowest BCUT2D eigenvalue weighted by atomic mass is 10.1. The minimum absolute atomic E-state index is 0.0709. The summed E-state index contributed by atoms with van der Waals surface area (Å²) in [7, 11) is 1.65. The van der Waals surface area contributed by atoms with Gasteiger partial charge in [-0.3, -0.25) is 4.79 Å². The first-order valence-electron chi connectivity index (χ1n) is 8.77. The van der Waals surface area contributed by atoms with E-state index in [4.69, 9.17) is 4.74 Å². The van der Waals surface area contributed by atoms with Crippen molar-refractivity contribution < 1.29 is 9.53 Å². The SMILES string of the molecule is COCCCNC(=O)c1ccccc1CSc1nc2nc(C)cc(C)n2n1. The van der Waals surface area contributed by atoms with Crippen molar-refractivity contribution in [2.45, 2.75) is 31.2 Å². The average Bonchev–Trinajstić information content (AvgIpc) is 3.07. The third-order valence-corrected chi connectivity index (χ3v) is 4.91. The Hall–Kier alpha value is -2.45. The van der Waals surface area contributed by atoms with E-state index in [0.717, 1.165) is 23.4 Å². The number of fused-ring (bicyclic) bond motifs is 1. The number of hydrogen-bond donors (Lipinski definition) is 1. The standard InChI is InChI=1S/C19H23N5O2S/c1-13-11-14(2)24-18(21-13)22-19(23-24)27-12-15-7-4-5-8-16(15)17(25)20-9-6-10-26-3/h4-5,7-8,11H,6,9-10,12H2,1-3H3,(H,20,25). The van der Waals surface area contributed by atoms with Crippen LogP contribution in [-0.2, 0) is 10.5 Å². The number of benzene rings is 1. The van der Waals surface area contributed by atoms with Gasteiger partial charge in [0.15, 0.2) is 0 Å². The molecule has 0 aliphatic rings. The number of hydrogen-bond acceptors (Lipinski definition) is 6. The summed E-state index contributed by atoms with van der Waals surface area (Å²) < 4.78 is 6.75. The van der Waals surface area contributed by atoms with Gasteiger partial charge >= 0.3 is 0 Å². The number of amides is 1. The largest absolute Gasteiger partial charge is 0.385 e. The van der Waals surface area contributed by atoms with Gasteiger partial charge in [-0.05, 0) is 38.0 Å². The molecule has 142 valence electrons. The number of rotatable bonds is 8. The number of aryl methyl sites for hydroxylation is 2. The Balaban J connectivity index is 1.69. The number of ether oxygens (including phenoxy) is 1. The Morgan fingerprint density at radius 3 is 2.89 bits per heavy atom. The van der Waals surface area contributed by atoms with E-state index < -0.39 is 0 Å². The summed E-state index contributed by atoms with van der Waals surface area (Å²) in [5, 5.41) is 8.08. The Morgan fingerprint density at radius 2 is 2.07 bits per heavy atom. The highest BCUT2D eigenvalue weighted by molar-refractivity contribution is 7.98. The molecule has 3 aromatic rings. The Kier molecular flexibility index (Phi) is 6.41. The molecule has 0 aliphatic heterocycles. The van der Waals surface area contributed by atoms with Gasteiger partial charge in [-0.15, -0.1) is 5.10 Å². The fourth-order valence-electron chi connectivity index (χ4n) is 2.73. The summed E-state index contributed by atoms with van der Waals surface area (Å²) in [6.07, 6.45) is 0.788. The second kappa shape index (κ2) is 8.96. The van der Waals surface area contributed by atoms with E-state index in [-0.39, 0.29) is 5.91 Å². The van der Waals surface area contributed by atoms with Crippen LogP contribution in [-0.4, -0.2) is 45.8 Å². The predicted octanol–water partition coefficient (Wildman–Crippen LogP) is 2.80. The van der Waals surface area contributed by atoms with Crippen molar-refractivity contribution in [1.82, 2.24) is 24.9 Å². The summed E-state index contributed by atoms with van der Waals surface area (Å²) in [6, 6.07) is 9.58. The van der Waals surface area contributed by atoms with Crippen molar-refractivity contribution in [2.75, 3.05) is 20.3 Å². The van der Waals surface area contributed by atoms with Crippen LogP contribution in [0.1, 0.15) is 33.7 Å². The van der Waals surface area contributed by atoms with Crippen LogP contribution in [0.5, 0.6) is 0 Å². The Morgan fingerprint density at radius 1 is 1.26 bits per heavy atom. The lowest BCUT2D eigenvalue weighted by molar-refractivity contribution is 0.0948. The number of carbonyl (C=O) groups is 1. The molecule has 1 aromatic carbocycles. The Bertz CT molecular complexity index is 941. The maximum Gasteiger partial charge on any atom is 0.253 e. The van der Waals surface area contributed by atoms with Gasteiger partial charge in [0.1, 0.15) is 0 Å². The molecule has 2 aromatic heterocycles. The van der Waals surface area contributed by atoms with Crippen LogP contribution in [0.3, 0.4) is 0 Å². The predicted molar refractivity (Wildman–Crippen MR) is 105 cm³/mol. The number of nitrogens with zero attached hydrogens (tertiary/aromatic N) is 4. The zero-order valence-corrected chi connectivity index (χ0v) is 16.5. The normalized spacial score (nSPS) is 11.1. The van der Waals surface area contributed by atoms with E-state index >= 15 is 0 Å². The molecule has 1 N–H and O–H groups in total. The highest BCUT2D eigenvalue weighted by Gasteiger charge is 2.13.